The average Bonchev–Trinajstić information content (AvgIpc) is 3.04. The van der Waals surface area contributed by atoms with Crippen LogP contribution in [0.25, 0.3) is 11.3 Å². The number of nitrogens with zero attached hydrogens (tertiary/aromatic N) is 2. The van der Waals surface area contributed by atoms with Crippen molar-refractivity contribution in [3.8, 4) is 11.3 Å². The summed E-state index contributed by atoms with van der Waals surface area (Å²) in [7, 11) is 0. The van der Waals surface area contributed by atoms with Crippen molar-refractivity contribution in [3.63, 3.8) is 0 Å². The first kappa shape index (κ1) is 12.0. The predicted molar refractivity (Wildman–Crippen MR) is 79.3 cm³/mol. The molecule has 1 aliphatic heterocycles. The van der Waals surface area contributed by atoms with E-state index < -0.39 is 0 Å². The number of allylic oxidation sites excluding steroid dienone is 2. The summed E-state index contributed by atoms with van der Waals surface area (Å²) < 4.78 is 2.20. The zero-order chi connectivity index (χ0) is 13.2. The first-order valence-electron chi connectivity index (χ1n) is 6.75. The van der Waals surface area contributed by atoms with Gasteiger partial charge in [-0.25, -0.2) is 4.98 Å². The number of aromatic nitrogens is 2. The summed E-state index contributed by atoms with van der Waals surface area (Å²) in [5.41, 5.74) is 6.46. The van der Waals surface area contributed by atoms with E-state index in [4.69, 9.17) is 0 Å². The van der Waals surface area contributed by atoms with Gasteiger partial charge in [0.1, 0.15) is 0 Å². The van der Waals surface area contributed by atoms with Crippen LogP contribution in [0.15, 0.2) is 42.4 Å². The third-order valence-electron chi connectivity index (χ3n) is 3.53. The molecular weight excluding hydrogens is 234 g/mol. The number of hydrogen-bond donors (Lipinski definition) is 1. The van der Waals surface area contributed by atoms with Crippen LogP contribution in [-0.4, -0.2) is 16.1 Å². The van der Waals surface area contributed by atoms with Crippen molar-refractivity contribution in [2.24, 2.45) is 0 Å². The molecule has 0 radical (unpaired) electrons. The van der Waals surface area contributed by atoms with Gasteiger partial charge >= 0.3 is 0 Å². The Kier molecular flexibility index (Phi) is 3.11. The second kappa shape index (κ2) is 4.92. The topological polar surface area (TPSA) is 29.9 Å². The van der Waals surface area contributed by atoms with E-state index in [1.807, 2.05) is 12.5 Å². The Morgan fingerprint density at radius 2 is 2.32 bits per heavy atom. The summed E-state index contributed by atoms with van der Waals surface area (Å²) in [5.74, 6) is 0. The summed E-state index contributed by atoms with van der Waals surface area (Å²) in [5, 5.41) is 3.49. The number of fused-ring (bicyclic) bond motifs is 1. The molecule has 2 heterocycles. The minimum Gasteiger partial charge on any atom is -0.384 e. The molecule has 0 spiro atoms. The van der Waals surface area contributed by atoms with Crippen LogP contribution >= 0.6 is 0 Å². The fraction of sp³-hybridized carbons (Fsp3) is 0.312. The Bertz CT molecular complexity index is 619. The number of anilines is 1. The van der Waals surface area contributed by atoms with E-state index >= 15 is 0 Å². The van der Waals surface area contributed by atoms with E-state index in [0.29, 0.717) is 0 Å². The summed E-state index contributed by atoms with van der Waals surface area (Å²) >= 11 is 0. The zero-order valence-corrected chi connectivity index (χ0v) is 11.5. The molecule has 0 saturated carbocycles. The van der Waals surface area contributed by atoms with Crippen molar-refractivity contribution in [2.75, 3.05) is 11.9 Å². The first-order valence-corrected chi connectivity index (χ1v) is 6.75. The molecule has 3 nitrogen and oxygen atoms in total. The molecule has 1 aromatic heterocycles. The Morgan fingerprint density at radius 3 is 3.16 bits per heavy atom. The van der Waals surface area contributed by atoms with Crippen LogP contribution in [-0.2, 0) is 13.0 Å². The van der Waals surface area contributed by atoms with E-state index in [9.17, 15) is 0 Å². The van der Waals surface area contributed by atoms with Crippen LogP contribution in [0.2, 0.25) is 0 Å². The molecule has 1 N–H and O–H groups in total. The third-order valence-corrected chi connectivity index (χ3v) is 3.53. The molecule has 1 aliphatic rings. The van der Waals surface area contributed by atoms with Gasteiger partial charge in [-0.2, -0.15) is 0 Å². The van der Waals surface area contributed by atoms with Gasteiger partial charge in [0.2, 0.25) is 0 Å². The highest BCUT2D eigenvalue weighted by molar-refractivity contribution is 5.79. The molecule has 3 rings (SSSR count). The van der Waals surface area contributed by atoms with Gasteiger partial charge in [-0.05, 0) is 25.8 Å². The lowest BCUT2D eigenvalue weighted by Gasteiger charge is -2.11. The van der Waals surface area contributed by atoms with Crippen molar-refractivity contribution in [3.05, 3.63) is 47.9 Å². The minimum atomic E-state index is 0.876. The highest BCUT2D eigenvalue weighted by Gasteiger charge is 2.16. The standard InChI is InChI=1S/C16H19N3/c1-12(2)7-9-19-11-17-10-15(19)14-5-3-4-13-6-8-18-16(13)14/h3-5,7,10-11,18H,6,8-9H2,1-2H3. The third kappa shape index (κ3) is 2.28. The maximum Gasteiger partial charge on any atom is 0.0953 e. The van der Waals surface area contributed by atoms with E-state index in [0.717, 1.165) is 19.5 Å². The van der Waals surface area contributed by atoms with Gasteiger partial charge in [-0.3, -0.25) is 0 Å². The molecule has 0 fully saturated rings. The van der Waals surface area contributed by atoms with Crippen LogP contribution in [0.5, 0.6) is 0 Å². The molecule has 0 unspecified atom stereocenters. The van der Waals surface area contributed by atoms with E-state index in [1.54, 1.807) is 0 Å². The van der Waals surface area contributed by atoms with Crippen LogP contribution in [0, 0.1) is 0 Å². The lowest BCUT2D eigenvalue weighted by Crippen LogP contribution is -1.99. The zero-order valence-electron chi connectivity index (χ0n) is 11.5. The lowest BCUT2D eigenvalue weighted by atomic mass is 10.1. The first-order chi connectivity index (χ1) is 9.25. The molecule has 1 aromatic carbocycles. The van der Waals surface area contributed by atoms with Gasteiger partial charge in [-0.1, -0.05) is 29.8 Å². The van der Waals surface area contributed by atoms with Crippen molar-refractivity contribution in [2.45, 2.75) is 26.8 Å². The molecule has 3 heteroatoms. The minimum absolute atomic E-state index is 0.876. The Hall–Kier alpha value is -2.03. The van der Waals surface area contributed by atoms with Crippen molar-refractivity contribution >= 4 is 5.69 Å². The van der Waals surface area contributed by atoms with Crippen LogP contribution in [0.4, 0.5) is 5.69 Å². The normalized spacial score (nSPS) is 12.9. The summed E-state index contributed by atoms with van der Waals surface area (Å²) in [6.45, 7) is 6.16. The lowest BCUT2D eigenvalue weighted by molar-refractivity contribution is 0.822. The van der Waals surface area contributed by atoms with Crippen LogP contribution < -0.4 is 5.32 Å². The Balaban J connectivity index is 2.02. The average molecular weight is 253 g/mol. The smallest absolute Gasteiger partial charge is 0.0953 e. The molecule has 0 amide bonds. The van der Waals surface area contributed by atoms with Crippen molar-refractivity contribution in [1.29, 1.82) is 0 Å². The molecule has 0 saturated heterocycles. The summed E-state index contributed by atoms with van der Waals surface area (Å²) in [6, 6.07) is 6.52. The molecule has 0 atom stereocenters. The second-order valence-electron chi connectivity index (χ2n) is 5.23. The Labute approximate surface area is 114 Å². The van der Waals surface area contributed by atoms with Gasteiger partial charge in [0.15, 0.2) is 0 Å². The van der Waals surface area contributed by atoms with E-state index in [1.165, 1.54) is 28.1 Å². The number of para-hydroxylation sites is 1. The Morgan fingerprint density at radius 1 is 1.42 bits per heavy atom. The maximum absolute atomic E-state index is 4.31. The summed E-state index contributed by atoms with van der Waals surface area (Å²) in [4.78, 5) is 4.31. The van der Waals surface area contributed by atoms with Gasteiger partial charge in [0, 0.05) is 24.3 Å². The van der Waals surface area contributed by atoms with Crippen LogP contribution in [0.1, 0.15) is 19.4 Å². The van der Waals surface area contributed by atoms with E-state index in [2.05, 4.69) is 53.0 Å². The second-order valence-corrected chi connectivity index (χ2v) is 5.23. The highest BCUT2D eigenvalue weighted by Crippen LogP contribution is 2.34. The number of imidazole rings is 1. The van der Waals surface area contributed by atoms with Gasteiger partial charge in [-0.15, -0.1) is 0 Å². The highest BCUT2D eigenvalue weighted by atomic mass is 15.0. The number of benzene rings is 1. The maximum atomic E-state index is 4.31. The quantitative estimate of drug-likeness (QED) is 0.849. The largest absolute Gasteiger partial charge is 0.384 e. The summed E-state index contributed by atoms with van der Waals surface area (Å²) in [6.07, 6.45) is 7.20. The molecule has 0 bridgehead atoms. The molecule has 2 aromatic rings. The SMILES string of the molecule is CC(C)=CCn1cncc1-c1cccc2c1NCC2. The monoisotopic (exact) mass is 253 g/mol. The predicted octanol–water partition coefficient (Wildman–Crippen LogP) is 3.48. The van der Waals surface area contributed by atoms with Crippen molar-refractivity contribution < 1.29 is 0 Å². The van der Waals surface area contributed by atoms with Gasteiger partial charge in [0.05, 0.1) is 18.2 Å². The number of hydrogen-bond acceptors (Lipinski definition) is 2. The van der Waals surface area contributed by atoms with E-state index in [-0.39, 0.29) is 0 Å². The molecular formula is C16H19N3. The van der Waals surface area contributed by atoms with Crippen LogP contribution in [0.3, 0.4) is 0 Å². The van der Waals surface area contributed by atoms with Crippen molar-refractivity contribution in [1.82, 2.24) is 9.55 Å². The fourth-order valence-electron chi connectivity index (χ4n) is 2.52. The van der Waals surface area contributed by atoms with Gasteiger partial charge < -0.3 is 9.88 Å². The number of nitrogens with one attached hydrogen (secondary N) is 1. The molecule has 19 heavy (non-hydrogen) atoms. The fourth-order valence-corrected chi connectivity index (χ4v) is 2.52. The molecule has 0 aliphatic carbocycles. The molecule has 98 valence electrons. The van der Waals surface area contributed by atoms with Gasteiger partial charge in [0.25, 0.3) is 0 Å². The number of rotatable bonds is 3.